The molecule has 0 saturated heterocycles. The van der Waals surface area contributed by atoms with E-state index in [9.17, 15) is 5.26 Å². The molecule has 0 radical (unpaired) electrons. The molecule has 5 nitrogen and oxygen atoms in total. The Kier molecular flexibility index (Phi) is 7.69. The quantitative estimate of drug-likeness (QED) is 0.170. The minimum Gasteiger partial charge on any atom is -0.307 e. The highest BCUT2D eigenvalue weighted by Crippen LogP contribution is 2.45. The highest BCUT2D eigenvalue weighted by atomic mass is 15.1. The number of nitriles is 1. The Bertz CT molecular complexity index is 4080. The number of hydrogen-bond acceptors (Lipinski definition) is 1. The molecule has 0 N–H and O–H groups in total. The maximum atomic E-state index is 9.87. The van der Waals surface area contributed by atoms with Crippen molar-refractivity contribution in [2.24, 2.45) is 0 Å². The summed E-state index contributed by atoms with van der Waals surface area (Å²) < 4.78 is 9.87. The van der Waals surface area contributed by atoms with Gasteiger partial charge in [0.05, 0.1) is 55.8 Å². The second-order valence-corrected chi connectivity index (χ2v) is 17.2. The van der Waals surface area contributed by atoms with Crippen LogP contribution in [0.1, 0.15) is 5.56 Å². The fraction of sp³-hybridized carbons (Fsp3) is 0. The third-order valence-electron chi connectivity index (χ3n) is 13.7. The van der Waals surface area contributed by atoms with Crippen molar-refractivity contribution in [2.45, 2.75) is 0 Å². The van der Waals surface area contributed by atoms with Gasteiger partial charge in [-0.15, -0.1) is 0 Å². The predicted octanol–water partition coefficient (Wildman–Crippen LogP) is 15.6. The first-order valence-electron chi connectivity index (χ1n) is 22.4. The summed E-state index contributed by atoms with van der Waals surface area (Å²) in [7, 11) is 0. The molecule has 0 aliphatic rings. The van der Waals surface area contributed by atoms with Crippen LogP contribution in [0, 0.1) is 11.3 Å². The number of rotatable bonds is 5. The summed E-state index contributed by atoms with van der Waals surface area (Å²) in [6.45, 7) is 0. The Hall–Kier alpha value is -9.11. The molecular weight excluding hydrogens is 803 g/mol. The van der Waals surface area contributed by atoms with Gasteiger partial charge in [-0.2, -0.15) is 5.26 Å². The second kappa shape index (κ2) is 13.9. The lowest BCUT2D eigenvalue weighted by Crippen LogP contribution is -2.02. The molecule has 14 rings (SSSR count). The summed E-state index contributed by atoms with van der Waals surface area (Å²) in [5, 5.41) is 19.5. The van der Waals surface area contributed by atoms with E-state index in [-0.39, 0.29) is 0 Å². The van der Waals surface area contributed by atoms with Crippen molar-refractivity contribution >= 4 is 87.2 Å². The van der Waals surface area contributed by atoms with Crippen molar-refractivity contribution in [1.29, 1.82) is 5.26 Å². The van der Waals surface area contributed by atoms with Crippen LogP contribution in [0.25, 0.3) is 121 Å². The van der Waals surface area contributed by atoms with E-state index in [1.54, 1.807) is 0 Å². The molecule has 0 unspecified atom stereocenters. The van der Waals surface area contributed by atoms with Crippen LogP contribution in [0.5, 0.6) is 0 Å². The van der Waals surface area contributed by atoms with Crippen LogP contribution in [-0.4, -0.2) is 18.3 Å². The van der Waals surface area contributed by atoms with E-state index in [0.717, 1.165) is 78.0 Å². The van der Waals surface area contributed by atoms with E-state index in [1.165, 1.54) is 43.1 Å². The van der Waals surface area contributed by atoms with Crippen LogP contribution in [0.15, 0.2) is 224 Å². The highest BCUT2D eigenvalue weighted by molar-refractivity contribution is 6.25. The molecule has 0 atom stereocenters. The van der Waals surface area contributed by atoms with Gasteiger partial charge in [0.1, 0.15) is 0 Å². The van der Waals surface area contributed by atoms with Crippen LogP contribution < -0.4 is 0 Å². The molecule has 0 fully saturated rings. The van der Waals surface area contributed by atoms with Crippen molar-refractivity contribution in [3.8, 4) is 39.9 Å². The van der Waals surface area contributed by atoms with E-state index in [1.807, 2.05) is 12.1 Å². The number of hydrogen-bond donors (Lipinski definition) is 0. The van der Waals surface area contributed by atoms with Crippen molar-refractivity contribution in [1.82, 2.24) is 18.3 Å². The van der Waals surface area contributed by atoms with Gasteiger partial charge in [0.2, 0.25) is 0 Å². The fourth-order valence-electron chi connectivity index (χ4n) is 11.0. The van der Waals surface area contributed by atoms with Crippen LogP contribution in [-0.2, 0) is 0 Å². The molecule has 0 aliphatic carbocycles. The molecule has 0 spiro atoms. The number of benzene rings is 10. The fourth-order valence-corrected chi connectivity index (χ4v) is 11.0. The van der Waals surface area contributed by atoms with Gasteiger partial charge in [-0.3, -0.25) is 0 Å². The van der Waals surface area contributed by atoms with Gasteiger partial charge in [-0.25, -0.2) is 0 Å². The Morgan fingerprint density at radius 2 is 0.576 bits per heavy atom. The standard InChI is InChI=1S/C61H37N5/c62-38-39-27-29-40(30-28-39)41-35-44(65-56-25-13-9-21-48(56)52-33-31-50-46-19-7-11-23-54(46)63(58(50)60(52)65)42-15-3-1-4-16-42)37-45(36-41)66-57-26-14-10-22-49(57)53-34-32-51-47-20-8-12-24-55(47)64(59(51)61(53)66)43-17-5-2-6-18-43/h1-37H. The molecule has 4 aromatic heterocycles. The van der Waals surface area contributed by atoms with E-state index in [2.05, 4.69) is 237 Å². The summed E-state index contributed by atoms with van der Waals surface area (Å²) in [4.78, 5) is 0. The first kappa shape index (κ1) is 36.4. The molecule has 0 aliphatic heterocycles. The van der Waals surface area contributed by atoms with Crippen LogP contribution >= 0.6 is 0 Å². The van der Waals surface area contributed by atoms with Gasteiger partial charge >= 0.3 is 0 Å². The lowest BCUT2D eigenvalue weighted by molar-refractivity contribution is 1.12. The maximum absolute atomic E-state index is 9.87. The molecule has 14 aromatic rings. The summed E-state index contributed by atoms with van der Waals surface area (Å²) in [6, 6.07) is 83.3. The molecule has 0 bridgehead atoms. The second-order valence-electron chi connectivity index (χ2n) is 17.2. The predicted molar refractivity (Wildman–Crippen MR) is 274 cm³/mol. The number of nitrogens with zero attached hydrogens (tertiary/aromatic N) is 5. The average molecular weight is 840 g/mol. The number of para-hydroxylation sites is 6. The summed E-state index contributed by atoms with van der Waals surface area (Å²) >= 11 is 0. The SMILES string of the molecule is N#Cc1ccc(-c2cc(-n3c4ccccc4c4ccc5c6ccccc6n(-c6ccccc6)c5c43)cc(-n3c4ccccc4c4ccc5c6ccccc6n(-c6ccccc6)c5c43)c2)cc1. The molecule has 306 valence electrons. The molecule has 0 saturated carbocycles. The lowest BCUT2D eigenvalue weighted by atomic mass is 10.0. The molecule has 10 aromatic carbocycles. The van der Waals surface area contributed by atoms with Gasteiger partial charge in [0.15, 0.2) is 0 Å². The Morgan fingerprint density at radius 3 is 0.924 bits per heavy atom. The summed E-state index contributed by atoms with van der Waals surface area (Å²) in [6.07, 6.45) is 0. The van der Waals surface area contributed by atoms with Crippen molar-refractivity contribution in [2.75, 3.05) is 0 Å². The first-order chi connectivity index (χ1) is 32.7. The molecule has 66 heavy (non-hydrogen) atoms. The highest BCUT2D eigenvalue weighted by Gasteiger charge is 2.25. The van der Waals surface area contributed by atoms with Gasteiger partial charge in [0, 0.05) is 65.8 Å². The normalized spacial score (nSPS) is 11.9. The van der Waals surface area contributed by atoms with Crippen molar-refractivity contribution in [3.63, 3.8) is 0 Å². The molecule has 5 heteroatoms. The van der Waals surface area contributed by atoms with Gasteiger partial charge in [-0.1, -0.05) is 146 Å². The van der Waals surface area contributed by atoms with Crippen LogP contribution in [0.4, 0.5) is 0 Å². The smallest absolute Gasteiger partial charge is 0.0991 e. The third-order valence-corrected chi connectivity index (χ3v) is 13.7. The van der Waals surface area contributed by atoms with Gasteiger partial charge in [0.25, 0.3) is 0 Å². The van der Waals surface area contributed by atoms with Crippen LogP contribution in [0.2, 0.25) is 0 Å². The maximum Gasteiger partial charge on any atom is 0.0991 e. The topological polar surface area (TPSA) is 43.5 Å². The number of fused-ring (bicyclic) bond motifs is 14. The molecular formula is C61H37N5. The monoisotopic (exact) mass is 839 g/mol. The zero-order chi connectivity index (χ0) is 43.5. The minimum atomic E-state index is 0.632. The zero-order valence-electron chi connectivity index (χ0n) is 35.6. The third kappa shape index (κ3) is 5.09. The van der Waals surface area contributed by atoms with E-state index in [0.29, 0.717) is 5.56 Å². The zero-order valence-corrected chi connectivity index (χ0v) is 35.6. The Balaban J connectivity index is 1.17. The van der Waals surface area contributed by atoms with Crippen molar-refractivity contribution < 1.29 is 0 Å². The lowest BCUT2D eigenvalue weighted by Gasteiger charge is -2.17. The van der Waals surface area contributed by atoms with E-state index in [4.69, 9.17) is 0 Å². The Morgan fingerprint density at radius 1 is 0.258 bits per heavy atom. The van der Waals surface area contributed by atoms with E-state index >= 15 is 0 Å². The Labute approximate surface area is 379 Å². The summed E-state index contributed by atoms with van der Waals surface area (Å²) in [5.41, 5.74) is 16.2. The van der Waals surface area contributed by atoms with Gasteiger partial charge < -0.3 is 18.3 Å². The first-order valence-corrected chi connectivity index (χ1v) is 22.4. The minimum absolute atomic E-state index is 0.632. The number of aromatic nitrogens is 4. The molecule has 0 amide bonds. The summed E-state index contributed by atoms with van der Waals surface area (Å²) in [5.74, 6) is 0. The molecule has 4 heterocycles. The van der Waals surface area contributed by atoms with Crippen LogP contribution in [0.3, 0.4) is 0 Å². The van der Waals surface area contributed by atoms with Crippen molar-refractivity contribution in [3.05, 3.63) is 230 Å². The van der Waals surface area contributed by atoms with Gasteiger partial charge in [-0.05, 0) is 90.0 Å². The average Bonchev–Trinajstić information content (AvgIpc) is 4.12. The largest absolute Gasteiger partial charge is 0.307 e. The van der Waals surface area contributed by atoms with E-state index < -0.39 is 0 Å².